The predicted molar refractivity (Wildman–Crippen MR) is 97.2 cm³/mol. The molecule has 1 aromatic rings. The van der Waals surface area contributed by atoms with E-state index in [2.05, 4.69) is 15.5 Å². The lowest BCUT2D eigenvalue weighted by Gasteiger charge is -2.30. The molecule has 26 heavy (non-hydrogen) atoms. The van der Waals surface area contributed by atoms with Gasteiger partial charge in [0.15, 0.2) is 0 Å². The van der Waals surface area contributed by atoms with Gasteiger partial charge >= 0.3 is 0 Å². The Hall–Kier alpha value is -2.64. The summed E-state index contributed by atoms with van der Waals surface area (Å²) >= 11 is 0. The summed E-state index contributed by atoms with van der Waals surface area (Å²) in [6.45, 7) is 2.33. The zero-order valence-electron chi connectivity index (χ0n) is 14.7. The molecule has 1 aliphatic carbocycles. The van der Waals surface area contributed by atoms with Gasteiger partial charge in [0.2, 0.25) is 5.91 Å². The molecule has 2 amide bonds. The van der Waals surface area contributed by atoms with Crippen LogP contribution in [0.25, 0.3) is 0 Å². The highest BCUT2D eigenvalue weighted by Gasteiger charge is 2.29. The number of carbonyl (C=O) groups is 2. The minimum atomic E-state index is -0.493. The van der Waals surface area contributed by atoms with Crippen LogP contribution in [0.15, 0.2) is 18.2 Å². The number of rotatable bonds is 7. The van der Waals surface area contributed by atoms with Crippen LogP contribution in [0.3, 0.4) is 0 Å². The van der Waals surface area contributed by atoms with Crippen molar-refractivity contribution in [2.45, 2.75) is 32.1 Å². The minimum Gasteiger partial charge on any atom is -0.371 e. The molecule has 0 radical (unpaired) electrons. The number of benzene rings is 1. The molecule has 2 fully saturated rings. The molecule has 0 aromatic heterocycles. The van der Waals surface area contributed by atoms with Crippen molar-refractivity contribution >= 4 is 23.2 Å². The first-order valence-corrected chi connectivity index (χ1v) is 9.15. The summed E-state index contributed by atoms with van der Waals surface area (Å²) in [6.07, 6.45) is 5.12. The topological polar surface area (TPSA) is 105 Å². The SMILES string of the molecule is O=C(NCCNC(=O)C1CC1)c1cc([N+](=O)[O-])ccc1N1CCCCC1. The maximum absolute atomic E-state index is 12.6. The van der Waals surface area contributed by atoms with Crippen LogP contribution in [0.4, 0.5) is 11.4 Å². The van der Waals surface area contributed by atoms with E-state index in [-0.39, 0.29) is 23.4 Å². The molecule has 2 N–H and O–H groups in total. The van der Waals surface area contributed by atoms with Crippen molar-refractivity contribution < 1.29 is 14.5 Å². The van der Waals surface area contributed by atoms with Crippen molar-refractivity contribution in [2.75, 3.05) is 31.1 Å². The molecule has 1 aliphatic heterocycles. The molecular formula is C18H24N4O4. The Morgan fingerprint density at radius 2 is 1.81 bits per heavy atom. The molecular weight excluding hydrogens is 336 g/mol. The number of hydrogen-bond acceptors (Lipinski definition) is 5. The quantitative estimate of drug-likeness (QED) is 0.439. The Balaban J connectivity index is 1.66. The number of nitrogens with one attached hydrogen (secondary N) is 2. The molecule has 1 saturated heterocycles. The van der Waals surface area contributed by atoms with Gasteiger partial charge in [-0.05, 0) is 38.2 Å². The third-order valence-electron chi connectivity index (χ3n) is 4.79. The van der Waals surface area contributed by atoms with E-state index >= 15 is 0 Å². The summed E-state index contributed by atoms with van der Waals surface area (Å²) in [5.74, 6) is -0.188. The van der Waals surface area contributed by atoms with Crippen LogP contribution in [0.1, 0.15) is 42.5 Å². The van der Waals surface area contributed by atoms with Gasteiger partial charge in [-0.25, -0.2) is 0 Å². The Kier molecular flexibility index (Phi) is 5.70. The molecule has 1 saturated carbocycles. The van der Waals surface area contributed by atoms with Gasteiger partial charge in [-0.2, -0.15) is 0 Å². The zero-order valence-corrected chi connectivity index (χ0v) is 14.7. The number of nitro benzene ring substituents is 1. The third-order valence-corrected chi connectivity index (χ3v) is 4.79. The first-order chi connectivity index (χ1) is 12.6. The average Bonchev–Trinajstić information content (AvgIpc) is 3.50. The minimum absolute atomic E-state index is 0.0311. The van der Waals surface area contributed by atoms with Crippen LogP contribution < -0.4 is 15.5 Å². The number of nitro groups is 1. The highest BCUT2D eigenvalue weighted by molar-refractivity contribution is 6.00. The van der Waals surface area contributed by atoms with Crippen LogP contribution >= 0.6 is 0 Å². The van der Waals surface area contributed by atoms with E-state index in [0.717, 1.165) is 50.9 Å². The van der Waals surface area contributed by atoms with E-state index in [4.69, 9.17) is 0 Å². The Morgan fingerprint density at radius 3 is 2.46 bits per heavy atom. The molecule has 0 atom stereocenters. The van der Waals surface area contributed by atoms with Crippen molar-refractivity contribution in [2.24, 2.45) is 5.92 Å². The molecule has 8 heteroatoms. The number of nitrogens with zero attached hydrogens (tertiary/aromatic N) is 2. The summed E-state index contributed by atoms with van der Waals surface area (Å²) in [4.78, 5) is 36.9. The van der Waals surface area contributed by atoms with Gasteiger partial charge in [-0.1, -0.05) is 0 Å². The van der Waals surface area contributed by atoms with Crippen molar-refractivity contribution in [3.8, 4) is 0 Å². The fraction of sp³-hybridized carbons (Fsp3) is 0.556. The molecule has 2 aliphatic rings. The van der Waals surface area contributed by atoms with Gasteiger partial charge in [0.1, 0.15) is 0 Å². The number of carbonyl (C=O) groups excluding carboxylic acids is 2. The molecule has 3 rings (SSSR count). The molecule has 0 bridgehead atoms. The van der Waals surface area contributed by atoms with Gasteiger partial charge < -0.3 is 15.5 Å². The van der Waals surface area contributed by atoms with E-state index in [1.54, 1.807) is 6.07 Å². The average molecular weight is 360 g/mol. The summed E-state index contributed by atoms with van der Waals surface area (Å²) in [7, 11) is 0. The van der Waals surface area contributed by atoms with Crippen LogP contribution in [0, 0.1) is 16.0 Å². The molecule has 0 spiro atoms. The van der Waals surface area contributed by atoms with Crippen molar-refractivity contribution in [3.05, 3.63) is 33.9 Å². The zero-order chi connectivity index (χ0) is 18.5. The number of hydrogen-bond donors (Lipinski definition) is 2. The second-order valence-electron chi connectivity index (χ2n) is 6.83. The number of amides is 2. The van der Waals surface area contributed by atoms with Gasteiger partial charge in [-0.15, -0.1) is 0 Å². The Bertz CT molecular complexity index is 696. The number of anilines is 1. The summed E-state index contributed by atoms with van der Waals surface area (Å²) in [5.41, 5.74) is 0.947. The van der Waals surface area contributed by atoms with Gasteiger partial charge in [0.05, 0.1) is 16.2 Å². The molecule has 140 valence electrons. The Morgan fingerprint density at radius 1 is 1.12 bits per heavy atom. The van der Waals surface area contributed by atoms with Crippen molar-refractivity contribution in [1.29, 1.82) is 0 Å². The van der Waals surface area contributed by atoms with E-state index in [1.807, 2.05) is 0 Å². The molecule has 1 heterocycles. The third kappa shape index (κ3) is 4.50. The summed E-state index contributed by atoms with van der Waals surface area (Å²) in [5, 5.41) is 16.6. The van der Waals surface area contributed by atoms with E-state index in [1.165, 1.54) is 12.1 Å². The first-order valence-electron chi connectivity index (χ1n) is 9.15. The normalized spacial score (nSPS) is 16.8. The highest BCUT2D eigenvalue weighted by Crippen LogP contribution is 2.29. The van der Waals surface area contributed by atoms with Crippen molar-refractivity contribution in [1.82, 2.24) is 10.6 Å². The van der Waals surface area contributed by atoms with Gasteiger partial charge in [-0.3, -0.25) is 19.7 Å². The fourth-order valence-electron chi connectivity index (χ4n) is 3.18. The maximum Gasteiger partial charge on any atom is 0.270 e. The highest BCUT2D eigenvalue weighted by atomic mass is 16.6. The second kappa shape index (κ2) is 8.16. The van der Waals surface area contributed by atoms with Crippen LogP contribution in [-0.4, -0.2) is 42.9 Å². The lowest BCUT2D eigenvalue weighted by Crippen LogP contribution is -2.36. The fourth-order valence-corrected chi connectivity index (χ4v) is 3.18. The Labute approximate surface area is 152 Å². The maximum atomic E-state index is 12.6. The summed E-state index contributed by atoms with van der Waals surface area (Å²) < 4.78 is 0. The summed E-state index contributed by atoms with van der Waals surface area (Å²) in [6, 6.07) is 4.44. The van der Waals surface area contributed by atoms with Crippen LogP contribution in [0.2, 0.25) is 0 Å². The first kappa shape index (κ1) is 18.2. The second-order valence-corrected chi connectivity index (χ2v) is 6.83. The molecule has 0 unspecified atom stereocenters. The van der Waals surface area contributed by atoms with Crippen molar-refractivity contribution in [3.63, 3.8) is 0 Å². The van der Waals surface area contributed by atoms with Gasteiger partial charge in [0, 0.05) is 44.2 Å². The van der Waals surface area contributed by atoms with E-state index in [9.17, 15) is 19.7 Å². The smallest absolute Gasteiger partial charge is 0.270 e. The van der Waals surface area contributed by atoms with Crippen LogP contribution in [0.5, 0.6) is 0 Å². The predicted octanol–water partition coefficient (Wildman–Crippen LogP) is 1.84. The van der Waals surface area contributed by atoms with Gasteiger partial charge in [0.25, 0.3) is 11.6 Å². The monoisotopic (exact) mass is 360 g/mol. The van der Waals surface area contributed by atoms with E-state index < -0.39 is 4.92 Å². The largest absolute Gasteiger partial charge is 0.371 e. The molecule has 1 aromatic carbocycles. The number of piperidine rings is 1. The van der Waals surface area contributed by atoms with E-state index in [0.29, 0.717) is 18.7 Å². The lowest BCUT2D eigenvalue weighted by molar-refractivity contribution is -0.384. The van der Waals surface area contributed by atoms with Crippen LogP contribution in [-0.2, 0) is 4.79 Å². The lowest BCUT2D eigenvalue weighted by atomic mass is 10.1. The molecule has 8 nitrogen and oxygen atoms in total. The number of non-ortho nitro benzene ring substituents is 1. The standard InChI is InChI=1S/C18H24N4O4/c23-17(13-4-5-13)19-8-9-20-18(24)15-12-14(22(25)26)6-7-16(15)21-10-2-1-3-11-21/h6-7,12-13H,1-5,8-11H2,(H,19,23)(H,20,24).